The van der Waals surface area contributed by atoms with Crippen molar-refractivity contribution in [2.75, 3.05) is 20.1 Å². The van der Waals surface area contributed by atoms with E-state index >= 15 is 0 Å². The Bertz CT molecular complexity index is 280. The molecule has 19 heavy (non-hydrogen) atoms. The fourth-order valence-corrected chi connectivity index (χ4v) is 2.40. The van der Waals surface area contributed by atoms with Crippen LogP contribution in [-0.2, 0) is 4.79 Å². The van der Waals surface area contributed by atoms with E-state index in [9.17, 15) is 4.79 Å². The van der Waals surface area contributed by atoms with Gasteiger partial charge in [-0.1, -0.05) is 6.42 Å². The molecule has 1 fully saturated rings. The molecular formula is C15H31N3O. The number of carbonyl (C=O) groups is 1. The topological polar surface area (TPSA) is 44.4 Å². The molecule has 1 aliphatic rings. The first-order chi connectivity index (χ1) is 8.79. The van der Waals surface area contributed by atoms with Gasteiger partial charge in [0, 0.05) is 18.1 Å². The van der Waals surface area contributed by atoms with Gasteiger partial charge in [-0.2, -0.15) is 0 Å². The van der Waals surface area contributed by atoms with E-state index in [1.807, 2.05) is 34.7 Å². The molecule has 2 atom stereocenters. The minimum atomic E-state index is -0.156. The number of hydrogen-bond donors (Lipinski definition) is 2. The Morgan fingerprint density at radius 2 is 2.11 bits per heavy atom. The highest BCUT2D eigenvalue weighted by atomic mass is 16.2. The molecule has 112 valence electrons. The van der Waals surface area contributed by atoms with Crippen molar-refractivity contribution in [3.05, 3.63) is 0 Å². The largest absolute Gasteiger partial charge is 0.350 e. The second-order valence-electron chi connectivity index (χ2n) is 6.83. The Morgan fingerprint density at radius 3 is 2.63 bits per heavy atom. The number of carbonyl (C=O) groups excluding carboxylic acids is 1. The second kappa shape index (κ2) is 7.25. The molecule has 0 aromatic carbocycles. The van der Waals surface area contributed by atoms with Crippen molar-refractivity contribution in [2.45, 2.75) is 71.0 Å². The lowest BCUT2D eigenvalue weighted by molar-refractivity contribution is -0.126. The molecule has 4 heteroatoms. The van der Waals surface area contributed by atoms with Crippen molar-refractivity contribution in [3.63, 3.8) is 0 Å². The van der Waals surface area contributed by atoms with E-state index in [2.05, 4.69) is 15.5 Å². The monoisotopic (exact) mass is 269 g/mol. The molecule has 0 aliphatic carbocycles. The van der Waals surface area contributed by atoms with Crippen molar-refractivity contribution in [3.8, 4) is 0 Å². The summed E-state index contributed by atoms with van der Waals surface area (Å²) in [7, 11) is 2.04. The van der Waals surface area contributed by atoms with Crippen LogP contribution in [0.25, 0.3) is 0 Å². The predicted octanol–water partition coefficient (Wildman–Crippen LogP) is 1.75. The third kappa shape index (κ3) is 6.39. The first-order valence-electron chi connectivity index (χ1n) is 7.55. The van der Waals surface area contributed by atoms with E-state index in [0.717, 1.165) is 19.5 Å². The first kappa shape index (κ1) is 16.4. The van der Waals surface area contributed by atoms with Gasteiger partial charge in [-0.15, -0.1) is 0 Å². The number of amides is 1. The van der Waals surface area contributed by atoms with Crippen molar-refractivity contribution in [2.24, 2.45) is 0 Å². The lowest BCUT2D eigenvalue weighted by Crippen LogP contribution is -2.50. The Labute approximate surface area is 118 Å². The molecule has 0 radical (unpaired) electrons. The van der Waals surface area contributed by atoms with E-state index in [1.54, 1.807) is 0 Å². The van der Waals surface area contributed by atoms with Crippen LogP contribution in [0.2, 0.25) is 0 Å². The number of rotatable bonds is 5. The number of piperidine rings is 1. The van der Waals surface area contributed by atoms with Crippen LogP contribution in [0, 0.1) is 0 Å². The van der Waals surface area contributed by atoms with E-state index in [1.165, 1.54) is 19.3 Å². The van der Waals surface area contributed by atoms with Gasteiger partial charge in [-0.25, -0.2) is 0 Å². The molecule has 0 saturated carbocycles. The molecule has 0 aromatic rings. The van der Waals surface area contributed by atoms with E-state index in [0.29, 0.717) is 6.04 Å². The normalized spacial score (nSPS) is 22.3. The van der Waals surface area contributed by atoms with Crippen LogP contribution in [0.4, 0.5) is 0 Å². The third-order valence-electron chi connectivity index (χ3n) is 3.78. The molecule has 2 N–H and O–H groups in total. The smallest absolute Gasteiger partial charge is 0.237 e. The summed E-state index contributed by atoms with van der Waals surface area (Å²) in [5.41, 5.74) is -0.156. The van der Waals surface area contributed by atoms with Gasteiger partial charge in [0.1, 0.15) is 0 Å². The lowest BCUT2D eigenvalue weighted by Gasteiger charge is -2.30. The van der Waals surface area contributed by atoms with Gasteiger partial charge in [-0.3, -0.25) is 9.69 Å². The fourth-order valence-electron chi connectivity index (χ4n) is 2.40. The van der Waals surface area contributed by atoms with Gasteiger partial charge < -0.3 is 10.6 Å². The summed E-state index contributed by atoms with van der Waals surface area (Å²) in [6.07, 6.45) is 5.04. The minimum Gasteiger partial charge on any atom is -0.350 e. The molecular weight excluding hydrogens is 238 g/mol. The summed E-state index contributed by atoms with van der Waals surface area (Å²) >= 11 is 0. The van der Waals surface area contributed by atoms with Crippen molar-refractivity contribution in [1.29, 1.82) is 0 Å². The zero-order chi connectivity index (χ0) is 14.5. The molecule has 0 spiro atoms. The lowest BCUT2D eigenvalue weighted by atomic mass is 10.0. The molecule has 0 bridgehead atoms. The SMILES string of the molecule is CC(C(=O)NC(C)(C)C)N(C)CCC1CCCCN1. The quantitative estimate of drug-likeness (QED) is 0.799. The maximum Gasteiger partial charge on any atom is 0.237 e. The summed E-state index contributed by atoms with van der Waals surface area (Å²) in [6, 6.07) is 0.567. The predicted molar refractivity (Wildman–Crippen MR) is 80.2 cm³/mol. The third-order valence-corrected chi connectivity index (χ3v) is 3.78. The van der Waals surface area contributed by atoms with Crippen LogP contribution in [-0.4, -0.2) is 48.6 Å². The van der Waals surface area contributed by atoms with Gasteiger partial charge >= 0.3 is 0 Å². The highest BCUT2D eigenvalue weighted by Crippen LogP contribution is 2.11. The minimum absolute atomic E-state index is 0.0668. The maximum absolute atomic E-state index is 12.1. The van der Waals surface area contributed by atoms with Crippen LogP contribution < -0.4 is 10.6 Å². The fraction of sp³-hybridized carbons (Fsp3) is 0.933. The highest BCUT2D eigenvalue weighted by molar-refractivity contribution is 5.81. The Morgan fingerprint density at radius 1 is 1.42 bits per heavy atom. The highest BCUT2D eigenvalue weighted by Gasteiger charge is 2.23. The van der Waals surface area contributed by atoms with E-state index in [4.69, 9.17) is 0 Å². The first-order valence-corrected chi connectivity index (χ1v) is 7.55. The molecule has 4 nitrogen and oxygen atoms in total. The van der Waals surface area contributed by atoms with Crippen molar-refractivity contribution < 1.29 is 4.79 Å². The molecule has 2 unspecified atom stereocenters. The number of likely N-dealkylation sites (N-methyl/N-ethyl adjacent to an activating group) is 1. The van der Waals surface area contributed by atoms with Crippen LogP contribution in [0.3, 0.4) is 0 Å². The standard InChI is InChI=1S/C15H31N3O/c1-12(14(19)17-15(2,3)4)18(5)11-9-13-8-6-7-10-16-13/h12-13,16H,6-11H2,1-5H3,(H,17,19). The van der Waals surface area contributed by atoms with Crippen LogP contribution >= 0.6 is 0 Å². The van der Waals surface area contributed by atoms with Crippen LogP contribution in [0.15, 0.2) is 0 Å². The zero-order valence-electron chi connectivity index (χ0n) is 13.3. The molecule has 1 amide bonds. The Hall–Kier alpha value is -0.610. The summed E-state index contributed by atoms with van der Waals surface area (Å²) in [5, 5.41) is 6.60. The van der Waals surface area contributed by atoms with Crippen LogP contribution in [0.5, 0.6) is 0 Å². The molecule has 1 rings (SSSR count). The molecule has 1 aliphatic heterocycles. The van der Waals surface area contributed by atoms with Gasteiger partial charge in [0.2, 0.25) is 5.91 Å². The van der Waals surface area contributed by atoms with Crippen LogP contribution in [0.1, 0.15) is 53.4 Å². The van der Waals surface area contributed by atoms with Gasteiger partial charge in [-0.05, 0) is 60.5 Å². The number of hydrogen-bond acceptors (Lipinski definition) is 3. The molecule has 0 aromatic heterocycles. The number of nitrogens with zero attached hydrogens (tertiary/aromatic N) is 1. The van der Waals surface area contributed by atoms with E-state index < -0.39 is 0 Å². The Balaban J connectivity index is 2.31. The second-order valence-corrected chi connectivity index (χ2v) is 6.83. The average Bonchev–Trinajstić information content (AvgIpc) is 2.34. The molecule has 1 saturated heterocycles. The summed E-state index contributed by atoms with van der Waals surface area (Å²) < 4.78 is 0. The Kier molecular flexibility index (Phi) is 6.27. The maximum atomic E-state index is 12.1. The van der Waals surface area contributed by atoms with E-state index in [-0.39, 0.29) is 17.5 Å². The van der Waals surface area contributed by atoms with Gasteiger partial charge in [0.05, 0.1) is 6.04 Å². The molecule has 1 heterocycles. The summed E-state index contributed by atoms with van der Waals surface area (Å²) in [6.45, 7) is 10.1. The van der Waals surface area contributed by atoms with Crippen molar-refractivity contribution in [1.82, 2.24) is 15.5 Å². The zero-order valence-corrected chi connectivity index (χ0v) is 13.3. The van der Waals surface area contributed by atoms with Crippen molar-refractivity contribution >= 4 is 5.91 Å². The van der Waals surface area contributed by atoms with Gasteiger partial charge in [0.25, 0.3) is 0 Å². The average molecular weight is 269 g/mol. The summed E-state index contributed by atoms with van der Waals surface area (Å²) in [5.74, 6) is 0.117. The number of nitrogens with one attached hydrogen (secondary N) is 2. The van der Waals surface area contributed by atoms with Gasteiger partial charge in [0.15, 0.2) is 0 Å². The summed E-state index contributed by atoms with van der Waals surface area (Å²) in [4.78, 5) is 14.2.